The van der Waals surface area contributed by atoms with Crippen LogP contribution >= 0.6 is 27.5 Å². The van der Waals surface area contributed by atoms with E-state index in [2.05, 4.69) is 38.0 Å². The summed E-state index contributed by atoms with van der Waals surface area (Å²) < 4.78 is 3.19. The van der Waals surface area contributed by atoms with E-state index in [1.807, 2.05) is 6.92 Å². The lowest BCUT2D eigenvalue weighted by Gasteiger charge is -2.15. The molecule has 0 aromatic carbocycles. The van der Waals surface area contributed by atoms with Gasteiger partial charge in [0.2, 0.25) is 0 Å². The lowest BCUT2D eigenvalue weighted by molar-refractivity contribution is 0.481. The molecule has 0 bridgehead atoms. The number of aromatic nitrogens is 2. The topological polar surface area (TPSA) is 29.9 Å². The minimum absolute atomic E-state index is 0.360. The molecule has 0 saturated heterocycles. The molecule has 1 heterocycles. The number of hydrogen-bond donors (Lipinski definition) is 1. The number of halogens is 2. The minimum Gasteiger partial charge on any atom is -0.311 e. The van der Waals surface area contributed by atoms with Crippen molar-refractivity contribution < 1.29 is 0 Å². The first kappa shape index (κ1) is 14.4. The van der Waals surface area contributed by atoms with Crippen LogP contribution in [0.25, 0.3) is 0 Å². The molecule has 1 N–H and O–H groups in total. The summed E-state index contributed by atoms with van der Waals surface area (Å²) in [6.07, 6.45) is 3.70. The molecule has 102 valence electrons. The number of aryl methyl sites for hydroxylation is 2. The van der Waals surface area contributed by atoms with Crippen LogP contribution in [0, 0.1) is 12.8 Å². The summed E-state index contributed by atoms with van der Waals surface area (Å²) in [6, 6.07) is 0. The summed E-state index contributed by atoms with van der Waals surface area (Å²) >= 11 is 9.91. The highest BCUT2D eigenvalue weighted by Crippen LogP contribution is 2.29. The molecular weight excluding hydrogens is 314 g/mol. The summed E-state index contributed by atoms with van der Waals surface area (Å²) in [6.45, 7) is 6.93. The first-order chi connectivity index (χ1) is 8.63. The van der Waals surface area contributed by atoms with Gasteiger partial charge in [0, 0.05) is 18.5 Å². The molecule has 1 fully saturated rings. The zero-order valence-corrected chi connectivity index (χ0v) is 13.4. The van der Waals surface area contributed by atoms with Crippen molar-refractivity contribution in [1.82, 2.24) is 15.1 Å². The van der Waals surface area contributed by atoms with E-state index in [4.69, 9.17) is 11.6 Å². The molecule has 2 unspecified atom stereocenters. The normalized spacial score (nSPS) is 23.8. The van der Waals surface area contributed by atoms with Crippen LogP contribution in [0.3, 0.4) is 0 Å². The lowest BCUT2D eigenvalue weighted by Crippen LogP contribution is -2.26. The molecule has 0 aliphatic heterocycles. The first-order valence-electron chi connectivity index (χ1n) is 6.70. The van der Waals surface area contributed by atoms with Gasteiger partial charge in [-0.2, -0.15) is 5.10 Å². The third-order valence-electron chi connectivity index (χ3n) is 3.72. The van der Waals surface area contributed by atoms with Crippen molar-refractivity contribution >= 4 is 27.5 Å². The Labute approximate surface area is 122 Å². The fourth-order valence-electron chi connectivity index (χ4n) is 2.64. The van der Waals surface area contributed by atoms with E-state index in [9.17, 15) is 0 Å². The van der Waals surface area contributed by atoms with Gasteiger partial charge in [-0.25, -0.2) is 0 Å². The van der Waals surface area contributed by atoms with Crippen LogP contribution in [-0.2, 0) is 13.1 Å². The van der Waals surface area contributed by atoms with Gasteiger partial charge < -0.3 is 5.32 Å². The summed E-state index contributed by atoms with van der Waals surface area (Å²) in [7, 11) is 0. The Morgan fingerprint density at radius 2 is 2.28 bits per heavy atom. The van der Waals surface area contributed by atoms with Gasteiger partial charge in [0.05, 0.1) is 15.9 Å². The molecule has 1 aromatic heterocycles. The van der Waals surface area contributed by atoms with Crippen LogP contribution < -0.4 is 5.32 Å². The average molecular weight is 335 g/mol. The van der Waals surface area contributed by atoms with E-state index < -0.39 is 0 Å². The smallest absolute Gasteiger partial charge is 0.0739 e. The molecule has 3 nitrogen and oxygen atoms in total. The Kier molecular flexibility index (Phi) is 5.10. The van der Waals surface area contributed by atoms with E-state index in [1.54, 1.807) is 0 Å². The molecule has 1 saturated carbocycles. The predicted octanol–water partition coefficient (Wildman–Crippen LogP) is 3.47. The van der Waals surface area contributed by atoms with E-state index in [-0.39, 0.29) is 0 Å². The lowest BCUT2D eigenvalue weighted by atomic mass is 10.1. The second-order valence-electron chi connectivity index (χ2n) is 5.00. The zero-order valence-electron chi connectivity index (χ0n) is 11.0. The number of rotatable bonds is 5. The van der Waals surface area contributed by atoms with Crippen molar-refractivity contribution in [3.05, 3.63) is 15.9 Å². The number of hydrogen-bond acceptors (Lipinski definition) is 2. The van der Waals surface area contributed by atoms with Crippen LogP contribution in [0.2, 0.25) is 0 Å². The van der Waals surface area contributed by atoms with Crippen molar-refractivity contribution in [2.24, 2.45) is 5.92 Å². The third kappa shape index (κ3) is 3.09. The van der Waals surface area contributed by atoms with Gasteiger partial charge in [-0.05, 0) is 55.1 Å². The van der Waals surface area contributed by atoms with E-state index in [1.165, 1.54) is 25.0 Å². The number of alkyl halides is 1. The third-order valence-corrected chi connectivity index (χ3v) is 5.32. The molecule has 18 heavy (non-hydrogen) atoms. The predicted molar refractivity (Wildman–Crippen MR) is 79.0 cm³/mol. The second-order valence-corrected chi connectivity index (χ2v) is 6.35. The Morgan fingerprint density at radius 3 is 2.89 bits per heavy atom. The maximum absolute atomic E-state index is 6.29. The van der Waals surface area contributed by atoms with Crippen LogP contribution in [0.4, 0.5) is 0 Å². The maximum Gasteiger partial charge on any atom is 0.0739 e. The van der Waals surface area contributed by atoms with E-state index >= 15 is 0 Å². The molecule has 5 heteroatoms. The average Bonchev–Trinajstić information content (AvgIpc) is 2.87. The van der Waals surface area contributed by atoms with Gasteiger partial charge in [0.25, 0.3) is 0 Å². The van der Waals surface area contributed by atoms with Gasteiger partial charge in [0.1, 0.15) is 0 Å². The molecule has 2 rings (SSSR count). The SMILES string of the molecule is CCn1nc(C)c(Br)c1CNCC1CCCC1Cl. The molecular formula is C13H21BrClN3. The number of nitrogens with zero attached hydrogens (tertiary/aromatic N) is 2. The molecule has 0 radical (unpaired) electrons. The Balaban J connectivity index is 1.90. The van der Waals surface area contributed by atoms with Gasteiger partial charge in [0.15, 0.2) is 0 Å². The summed E-state index contributed by atoms with van der Waals surface area (Å²) in [4.78, 5) is 0. The van der Waals surface area contributed by atoms with E-state index in [0.29, 0.717) is 11.3 Å². The molecule has 1 aromatic rings. The fraction of sp³-hybridized carbons (Fsp3) is 0.769. The molecule has 1 aliphatic rings. The van der Waals surface area contributed by atoms with Gasteiger partial charge >= 0.3 is 0 Å². The second kappa shape index (κ2) is 6.40. The Hall–Kier alpha value is -0.0600. The summed E-state index contributed by atoms with van der Waals surface area (Å²) in [5.74, 6) is 0.629. The van der Waals surface area contributed by atoms with Crippen molar-refractivity contribution in [3.63, 3.8) is 0 Å². The monoisotopic (exact) mass is 333 g/mol. The van der Waals surface area contributed by atoms with Crippen molar-refractivity contribution in [2.75, 3.05) is 6.54 Å². The Morgan fingerprint density at radius 1 is 1.50 bits per heavy atom. The molecule has 0 amide bonds. The van der Waals surface area contributed by atoms with Crippen LogP contribution in [0.5, 0.6) is 0 Å². The zero-order chi connectivity index (χ0) is 13.1. The van der Waals surface area contributed by atoms with Crippen molar-refractivity contribution in [1.29, 1.82) is 0 Å². The van der Waals surface area contributed by atoms with Crippen LogP contribution in [0.1, 0.15) is 37.6 Å². The standard InChI is InChI=1S/C13H21BrClN3/c1-3-18-12(13(14)9(2)17-18)8-16-7-10-5-4-6-11(10)15/h10-11,16H,3-8H2,1-2H3. The van der Waals surface area contributed by atoms with E-state index in [0.717, 1.165) is 29.8 Å². The van der Waals surface area contributed by atoms with Crippen molar-refractivity contribution in [2.45, 2.75) is 51.6 Å². The highest BCUT2D eigenvalue weighted by Gasteiger charge is 2.24. The number of nitrogens with one attached hydrogen (secondary N) is 1. The summed E-state index contributed by atoms with van der Waals surface area (Å²) in [5, 5.41) is 8.39. The van der Waals surface area contributed by atoms with Gasteiger partial charge in [-0.3, -0.25) is 4.68 Å². The summed E-state index contributed by atoms with van der Waals surface area (Å²) in [5.41, 5.74) is 2.30. The largest absolute Gasteiger partial charge is 0.311 e. The highest BCUT2D eigenvalue weighted by atomic mass is 79.9. The van der Waals surface area contributed by atoms with Crippen molar-refractivity contribution in [3.8, 4) is 0 Å². The highest BCUT2D eigenvalue weighted by molar-refractivity contribution is 9.10. The first-order valence-corrected chi connectivity index (χ1v) is 7.93. The van der Waals surface area contributed by atoms with Crippen LogP contribution in [0.15, 0.2) is 4.47 Å². The minimum atomic E-state index is 0.360. The Bertz CT molecular complexity index is 405. The quantitative estimate of drug-likeness (QED) is 0.836. The van der Waals surface area contributed by atoms with Gasteiger partial charge in [-0.15, -0.1) is 11.6 Å². The fourth-order valence-corrected chi connectivity index (χ4v) is 3.43. The molecule has 0 spiro atoms. The van der Waals surface area contributed by atoms with Crippen LogP contribution in [-0.4, -0.2) is 21.7 Å². The molecule has 1 aliphatic carbocycles. The van der Waals surface area contributed by atoms with Gasteiger partial charge in [-0.1, -0.05) is 6.42 Å². The maximum atomic E-state index is 6.29. The molecule has 2 atom stereocenters.